The van der Waals surface area contributed by atoms with Crippen molar-refractivity contribution in [2.24, 2.45) is 0 Å². The van der Waals surface area contributed by atoms with E-state index in [-0.39, 0.29) is 13.2 Å². The number of fused-ring (bicyclic) bond motifs is 1. The van der Waals surface area contributed by atoms with E-state index >= 15 is 0 Å². The van der Waals surface area contributed by atoms with Gasteiger partial charge >= 0.3 is 0 Å². The van der Waals surface area contributed by atoms with Crippen LogP contribution in [-0.2, 0) is 34.0 Å². The first kappa shape index (κ1) is 26.0. The van der Waals surface area contributed by atoms with Gasteiger partial charge in [0.05, 0.1) is 19.8 Å². The number of hydrogen-bond donors (Lipinski definition) is 1. The maximum Gasteiger partial charge on any atom is 0.227 e. The van der Waals surface area contributed by atoms with Gasteiger partial charge in [-0.1, -0.05) is 91.0 Å². The van der Waals surface area contributed by atoms with E-state index in [9.17, 15) is 5.11 Å². The second kappa shape index (κ2) is 10.6. The van der Waals surface area contributed by atoms with Crippen LogP contribution in [0.4, 0.5) is 0 Å². The largest absolute Gasteiger partial charge is 0.382 e. The van der Waals surface area contributed by atoms with Crippen LogP contribution in [0.25, 0.3) is 0 Å². The van der Waals surface area contributed by atoms with Crippen molar-refractivity contribution < 1.29 is 33.5 Å². The zero-order chi connectivity index (χ0) is 25.9. The lowest BCUT2D eigenvalue weighted by Gasteiger charge is -2.39. The van der Waals surface area contributed by atoms with Crippen LogP contribution in [-0.4, -0.2) is 62.1 Å². The highest BCUT2D eigenvalue weighted by Crippen LogP contribution is 2.46. The molecule has 0 aliphatic carbocycles. The van der Waals surface area contributed by atoms with Crippen LogP contribution in [0, 0.1) is 0 Å². The summed E-state index contributed by atoms with van der Waals surface area (Å²) in [6.07, 6.45) is -2.52. The van der Waals surface area contributed by atoms with Crippen molar-refractivity contribution >= 4 is 0 Å². The predicted molar refractivity (Wildman–Crippen MR) is 137 cm³/mol. The number of methoxy groups -OCH3 is 1. The highest BCUT2D eigenvalue weighted by molar-refractivity contribution is 5.47. The normalized spacial score (nSPS) is 26.8. The van der Waals surface area contributed by atoms with Gasteiger partial charge in [0, 0.05) is 7.11 Å². The summed E-state index contributed by atoms with van der Waals surface area (Å²) in [6.45, 7) is 4.02. The van der Waals surface area contributed by atoms with Crippen molar-refractivity contribution in [3.8, 4) is 0 Å². The van der Waals surface area contributed by atoms with Gasteiger partial charge in [-0.05, 0) is 30.5 Å². The van der Waals surface area contributed by atoms with Gasteiger partial charge in [-0.15, -0.1) is 0 Å². The average Bonchev–Trinajstić information content (AvgIpc) is 3.36. The molecule has 37 heavy (non-hydrogen) atoms. The summed E-state index contributed by atoms with van der Waals surface area (Å²) in [4.78, 5) is 0. The van der Waals surface area contributed by atoms with Crippen molar-refractivity contribution in [1.29, 1.82) is 0 Å². The molecule has 7 heteroatoms. The summed E-state index contributed by atoms with van der Waals surface area (Å²) in [7, 11) is 1.58. The van der Waals surface area contributed by atoms with Gasteiger partial charge in [0.25, 0.3) is 0 Å². The van der Waals surface area contributed by atoms with E-state index < -0.39 is 35.7 Å². The predicted octanol–water partition coefficient (Wildman–Crippen LogP) is 4.22. The first-order valence-electron chi connectivity index (χ1n) is 12.6. The van der Waals surface area contributed by atoms with E-state index in [1.165, 1.54) is 0 Å². The summed E-state index contributed by atoms with van der Waals surface area (Å²) in [5.74, 6) is -2.71. The van der Waals surface area contributed by atoms with Gasteiger partial charge in [0.2, 0.25) is 5.79 Å². The lowest BCUT2D eigenvalue weighted by molar-refractivity contribution is -0.307. The third-order valence-corrected chi connectivity index (χ3v) is 6.84. The molecular weight excluding hydrogens is 472 g/mol. The van der Waals surface area contributed by atoms with Crippen LogP contribution >= 0.6 is 0 Å². The molecule has 196 valence electrons. The second-order valence-corrected chi connectivity index (χ2v) is 9.73. The molecule has 0 bridgehead atoms. The van der Waals surface area contributed by atoms with Gasteiger partial charge in [-0.3, -0.25) is 0 Å². The van der Waals surface area contributed by atoms with E-state index in [0.717, 1.165) is 16.7 Å². The Hall–Kier alpha value is -2.62. The molecule has 7 nitrogen and oxygen atoms in total. The smallest absolute Gasteiger partial charge is 0.227 e. The van der Waals surface area contributed by atoms with Gasteiger partial charge in [0.1, 0.15) is 11.7 Å². The molecule has 2 heterocycles. The van der Waals surface area contributed by atoms with Crippen LogP contribution in [0.3, 0.4) is 0 Å². The molecule has 3 aromatic carbocycles. The summed E-state index contributed by atoms with van der Waals surface area (Å²) < 4.78 is 36.1. The van der Waals surface area contributed by atoms with Crippen LogP contribution in [0.5, 0.6) is 0 Å². The first-order chi connectivity index (χ1) is 17.9. The zero-order valence-corrected chi connectivity index (χ0v) is 21.4. The quantitative estimate of drug-likeness (QED) is 0.251. The van der Waals surface area contributed by atoms with Crippen molar-refractivity contribution in [3.05, 3.63) is 108 Å². The molecule has 0 aromatic heterocycles. The Bertz CT molecular complexity index is 1040. The van der Waals surface area contributed by atoms with Crippen LogP contribution in [0.1, 0.15) is 30.5 Å². The highest BCUT2D eigenvalue weighted by atomic mass is 16.9. The number of aliphatic hydroxyl groups is 1. The molecule has 5 rings (SSSR count). The molecule has 2 aliphatic rings. The minimum atomic E-state index is -1.80. The lowest BCUT2D eigenvalue weighted by Crippen LogP contribution is -2.54. The van der Waals surface area contributed by atoms with Crippen LogP contribution < -0.4 is 0 Å². The summed E-state index contributed by atoms with van der Waals surface area (Å²) in [6, 6.07) is 30.1. The average molecular weight is 507 g/mol. The molecule has 0 saturated carbocycles. The van der Waals surface area contributed by atoms with E-state index in [4.69, 9.17) is 28.4 Å². The highest BCUT2D eigenvalue weighted by Gasteiger charge is 2.64. The Kier molecular flexibility index (Phi) is 7.47. The van der Waals surface area contributed by atoms with E-state index in [1.54, 1.807) is 21.0 Å². The SMILES string of the molecule is COCCO[C@]1(O)[C@@H](COC(c2ccccc2)(c2ccccc2)c2ccccc2)OC2OC(C)(C)O[C@@H]21. The molecule has 4 atom stereocenters. The molecule has 3 aromatic rings. The summed E-state index contributed by atoms with van der Waals surface area (Å²) >= 11 is 0. The molecule has 0 amide bonds. The van der Waals surface area contributed by atoms with E-state index in [0.29, 0.717) is 6.61 Å². The molecule has 0 spiro atoms. The van der Waals surface area contributed by atoms with Crippen molar-refractivity contribution in [1.82, 2.24) is 0 Å². The lowest BCUT2D eigenvalue weighted by atomic mass is 9.80. The number of benzene rings is 3. The van der Waals surface area contributed by atoms with E-state index in [1.807, 2.05) is 91.0 Å². The van der Waals surface area contributed by atoms with Crippen LogP contribution in [0.2, 0.25) is 0 Å². The van der Waals surface area contributed by atoms with Gasteiger partial charge in [0.15, 0.2) is 18.2 Å². The maximum atomic E-state index is 11.8. The Morgan fingerprint density at radius 3 is 1.78 bits per heavy atom. The summed E-state index contributed by atoms with van der Waals surface area (Å²) in [5, 5.41) is 11.8. The monoisotopic (exact) mass is 506 g/mol. The molecule has 1 N–H and O–H groups in total. The fraction of sp³-hybridized carbons (Fsp3) is 0.400. The van der Waals surface area contributed by atoms with Crippen LogP contribution in [0.15, 0.2) is 91.0 Å². The standard InChI is InChI=1S/C30H34O7/c1-28(2)36-26-27(37-28)35-25(30(26,31)33-20-19-32-3)21-34-29(22-13-7-4-8-14-22,23-15-9-5-10-16-23)24-17-11-6-12-18-24/h4-18,25-27,31H,19-21H2,1-3H3/t25-,26+,27?,30-/m1/s1. The fourth-order valence-electron chi connectivity index (χ4n) is 5.14. The first-order valence-corrected chi connectivity index (χ1v) is 12.6. The second-order valence-electron chi connectivity index (χ2n) is 9.73. The van der Waals surface area contributed by atoms with Crippen molar-refractivity contribution in [2.45, 2.75) is 49.5 Å². The number of rotatable bonds is 10. The van der Waals surface area contributed by atoms with E-state index in [2.05, 4.69) is 0 Å². The molecule has 1 unspecified atom stereocenters. The van der Waals surface area contributed by atoms with Gasteiger partial charge < -0.3 is 33.5 Å². The van der Waals surface area contributed by atoms with Gasteiger partial charge in [-0.2, -0.15) is 0 Å². The molecule has 2 aliphatic heterocycles. The fourth-order valence-corrected chi connectivity index (χ4v) is 5.14. The van der Waals surface area contributed by atoms with Gasteiger partial charge in [-0.25, -0.2) is 0 Å². The minimum Gasteiger partial charge on any atom is -0.382 e. The maximum absolute atomic E-state index is 11.8. The zero-order valence-electron chi connectivity index (χ0n) is 21.4. The topological polar surface area (TPSA) is 75.6 Å². The Labute approximate surface area is 217 Å². The Morgan fingerprint density at radius 2 is 1.30 bits per heavy atom. The molecular formula is C30H34O7. The third-order valence-electron chi connectivity index (χ3n) is 6.84. The molecule has 2 saturated heterocycles. The van der Waals surface area contributed by atoms with Crippen molar-refractivity contribution in [3.63, 3.8) is 0 Å². The number of ether oxygens (including phenoxy) is 6. The third kappa shape index (κ3) is 4.96. The number of hydrogen-bond acceptors (Lipinski definition) is 7. The Morgan fingerprint density at radius 1 is 0.784 bits per heavy atom. The molecule has 0 radical (unpaired) electrons. The van der Waals surface area contributed by atoms with Crippen molar-refractivity contribution in [2.75, 3.05) is 26.9 Å². The summed E-state index contributed by atoms with van der Waals surface area (Å²) in [5.41, 5.74) is 1.87. The molecule has 2 fully saturated rings. The Balaban J connectivity index is 1.53. The minimum absolute atomic E-state index is 0.00230.